The van der Waals surface area contributed by atoms with E-state index in [1.54, 1.807) is 22.9 Å². The van der Waals surface area contributed by atoms with Gasteiger partial charge in [0.2, 0.25) is 5.91 Å². The Kier molecular flexibility index (Phi) is 5.74. The summed E-state index contributed by atoms with van der Waals surface area (Å²) >= 11 is 0. The van der Waals surface area contributed by atoms with Crippen molar-refractivity contribution in [1.82, 2.24) is 9.88 Å². The van der Waals surface area contributed by atoms with E-state index in [0.29, 0.717) is 24.5 Å². The molecule has 0 fully saturated rings. The fourth-order valence-electron chi connectivity index (χ4n) is 3.17. The van der Waals surface area contributed by atoms with Crippen LogP contribution in [0.1, 0.15) is 32.9 Å². The second-order valence-electron chi connectivity index (χ2n) is 6.90. The molecule has 0 N–H and O–H groups in total. The van der Waals surface area contributed by atoms with Gasteiger partial charge in [-0.05, 0) is 45.0 Å². The summed E-state index contributed by atoms with van der Waals surface area (Å²) in [6.45, 7) is 6.49. The number of pyridine rings is 1. The van der Waals surface area contributed by atoms with E-state index in [9.17, 15) is 9.59 Å². The predicted octanol–water partition coefficient (Wildman–Crippen LogP) is 3.02. The monoisotopic (exact) mass is 367 g/mol. The van der Waals surface area contributed by atoms with Crippen LogP contribution in [0.2, 0.25) is 0 Å². The molecule has 0 spiro atoms. The van der Waals surface area contributed by atoms with Gasteiger partial charge < -0.3 is 14.5 Å². The van der Waals surface area contributed by atoms with Gasteiger partial charge in [-0.2, -0.15) is 0 Å². The minimum Gasteiger partial charge on any atom is -0.479 e. The zero-order chi connectivity index (χ0) is 19.4. The van der Waals surface area contributed by atoms with Gasteiger partial charge in [0.05, 0.1) is 17.9 Å². The average molecular weight is 367 g/mol. The molecule has 2 amide bonds. The lowest BCUT2D eigenvalue weighted by atomic mass is 10.1. The van der Waals surface area contributed by atoms with Crippen LogP contribution in [0.3, 0.4) is 0 Å². The normalized spacial score (nSPS) is 16.1. The predicted molar refractivity (Wildman–Crippen MR) is 103 cm³/mol. The van der Waals surface area contributed by atoms with E-state index in [1.807, 2.05) is 56.3 Å². The summed E-state index contributed by atoms with van der Waals surface area (Å²) in [5.41, 5.74) is 1.56. The van der Waals surface area contributed by atoms with Crippen molar-refractivity contribution in [2.45, 2.75) is 45.9 Å². The molecule has 0 aliphatic carbocycles. The van der Waals surface area contributed by atoms with Gasteiger partial charge in [-0.3, -0.25) is 14.6 Å². The standard InChI is InChI=1S/C21H25N3O3/c1-15(2)24(14-17-8-6-7-12-22-17)20(25)11-13-23-18-9-4-5-10-19(18)27-16(3)21(23)26/h4-10,12,15-16H,11,13-14H2,1-3H3. The highest BCUT2D eigenvalue weighted by Gasteiger charge is 2.31. The first-order valence-corrected chi connectivity index (χ1v) is 9.24. The maximum absolute atomic E-state index is 12.9. The Morgan fingerprint density at radius 2 is 1.96 bits per heavy atom. The van der Waals surface area contributed by atoms with E-state index in [-0.39, 0.29) is 24.3 Å². The molecule has 1 aliphatic rings. The first kappa shape index (κ1) is 18.9. The molecule has 3 rings (SSSR count). The lowest BCUT2D eigenvalue weighted by Crippen LogP contribution is -2.46. The molecule has 0 saturated heterocycles. The topological polar surface area (TPSA) is 62.7 Å². The lowest BCUT2D eigenvalue weighted by Gasteiger charge is -2.33. The minimum atomic E-state index is -0.551. The van der Waals surface area contributed by atoms with Crippen LogP contribution < -0.4 is 9.64 Å². The van der Waals surface area contributed by atoms with Crippen molar-refractivity contribution in [3.63, 3.8) is 0 Å². The Labute approximate surface area is 159 Å². The van der Waals surface area contributed by atoms with Crippen LogP contribution >= 0.6 is 0 Å². The summed E-state index contributed by atoms with van der Waals surface area (Å²) in [5.74, 6) is 0.550. The molecule has 0 saturated carbocycles. The summed E-state index contributed by atoms with van der Waals surface area (Å²) in [4.78, 5) is 33.2. The fraction of sp³-hybridized carbons (Fsp3) is 0.381. The number of fused-ring (bicyclic) bond motifs is 1. The highest BCUT2D eigenvalue weighted by atomic mass is 16.5. The number of carbonyl (C=O) groups is 2. The number of aromatic nitrogens is 1. The number of rotatable bonds is 6. The summed E-state index contributed by atoms with van der Waals surface area (Å²) in [7, 11) is 0. The molecular weight excluding hydrogens is 342 g/mol. The van der Waals surface area contributed by atoms with Crippen molar-refractivity contribution >= 4 is 17.5 Å². The van der Waals surface area contributed by atoms with Gasteiger partial charge in [-0.25, -0.2) is 0 Å². The quantitative estimate of drug-likeness (QED) is 0.787. The van der Waals surface area contributed by atoms with Gasteiger partial charge in [-0.1, -0.05) is 18.2 Å². The van der Waals surface area contributed by atoms with Gasteiger partial charge in [0.1, 0.15) is 5.75 Å². The number of hydrogen-bond donors (Lipinski definition) is 0. The molecular formula is C21H25N3O3. The van der Waals surface area contributed by atoms with Crippen LogP contribution in [-0.4, -0.2) is 40.4 Å². The van der Waals surface area contributed by atoms with Crippen LogP contribution in [0.15, 0.2) is 48.7 Å². The van der Waals surface area contributed by atoms with E-state index in [1.165, 1.54) is 0 Å². The van der Waals surface area contributed by atoms with E-state index in [4.69, 9.17) is 4.74 Å². The third-order valence-electron chi connectivity index (χ3n) is 4.63. The highest BCUT2D eigenvalue weighted by Crippen LogP contribution is 2.33. The molecule has 1 aromatic heterocycles. The van der Waals surface area contributed by atoms with Gasteiger partial charge >= 0.3 is 0 Å². The number of benzene rings is 1. The van der Waals surface area contributed by atoms with E-state index in [2.05, 4.69) is 4.98 Å². The van der Waals surface area contributed by atoms with Crippen LogP contribution in [0.4, 0.5) is 5.69 Å². The summed E-state index contributed by atoms with van der Waals surface area (Å²) in [6.07, 6.45) is 1.42. The van der Waals surface area contributed by atoms with Crippen molar-refractivity contribution in [1.29, 1.82) is 0 Å². The molecule has 2 aromatic rings. The van der Waals surface area contributed by atoms with Gasteiger partial charge in [-0.15, -0.1) is 0 Å². The van der Waals surface area contributed by atoms with Crippen LogP contribution in [-0.2, 0) is 16.1 Å². The molecule has 27 heavy (non-hydrogen) atoms. The molecule has 1 aromatic carbocycles. The van der Waals surface area contributed by atoms with Crippen LogP contribution in [0, 0.1) is 0 Å². The molecule has 1 aliphatic heterocycles. The molecule has 0 radical (unpaired) electrons. The van der Waals surface area contributed by atoms with E-state index >= 15 is 0 Å². The first-order valence-electron chi connectivity index (χ1n) is 9.24. The molecule has 6 heteroatoms. The van der Waals surface area contributed by atoms with Gasteiger partial charge in [0, 0.05) is 25.2 Å². The van der Waals surface area contributed by atoms with Crippen molar-refractivity contribution < 1.29 is 14.3 Å². The van der Waals surface area contributed by atoms with Crippen molar-refractivity contribution in [3.8, 4) is 5.75 Å². The third-order valence-corrected chi connectivity index (χ3v) is 4.63. The molecule has 1 atom stereocenters. The summed E-state index contributed by atoms with van der Waals surface area (Å²) < 4.78 is 5.65. The van der Waals surface area contributed by atoms with Crippen molar-refractivity contribution in [2.24, 2.45) is 0 Å². The zero-order valence-electron chi connectivity index (χ0n) is 16.0. The van der Waals surface area contributed by atoms with Crippen molar-refractivity contribution in [2.75, 3.05) is 11.4 Å². The number of ether oxygens (including phenoxy) is 1. The fourth-order valence-corrected chi connectivity index (χ4v) is 3.17. The lowest BCUT2D eigenvalue weighted by molar-refractivity contribution is -0.133. The van der Waals surface area contributed by atoms with E-state index in [0.717, 1.165) is 5.69 Å². The number of hydrogen-bond acceptors (Lipinski definition) is 4. The van der Waals surface area contributed by atoms with Gasteiger partial charge in [0.25, 0.3) is 5.91 Å². The second-order valence-corrected chi connectivity index (χ2v) is 6.90. The summed E-state index contributed by atoms with van der Waals surface area (Å²) in [5, 5.41) is 0. The molecule has 0 bridgehead atoms. The Morgan fingerprint density at radius 1 is 1.22 bits per heavy atom. The molecule has 1 unspecified atom stereocenters. The number of amides is 2. The first-order chi connectivity index (χ1) is 13.0. The molecule has 142 valence electrons. The third kappa shape index (κ3) is 4.27. The second kappa shape index (κ2) is 8.20. The number of nitrogens with zero attached hydrogens (tertiary/aromatic N) is 3. The smallest absolute Gasteiger partial charge is 0.267 e. The van der Waals surface area contributed by atoms with E-state index < -0.39 is 6.10 Å². The molecule has 6 nitrogen and oxygen atoms in total. The Hall–Kier alpha value is -2.89. The maximum atomic E-state index is 12.9. The number of anilines is 1. The largest absolute Gasteiger partial charge is 0.479 e. The Bertz CT molecular complexity index is 807. The van der Waals surface area contributed by atoms with Gasteiger partial charge in [0.15, 0.2) is 6.10 Å². The Morgan fingerprint density at radius 3 is 2.67 bits per heavy atom. The Balaban J connectivity index is 1.71. The number of para-hydroxylation sites is 2. The number of carbonyl (C=O) groups excluding carboxylic acids is 2. The average Bonchev–Trinajstić information content (AvgIpc) is 2.67. The highest BCUT2D eigenvalue weighted by molar-refractivity contribution is 6.00. The molecule has 2 heterocycles. The maximum Gasteiger partial charge on any atom is 0.267 e. The zero-order valence-corrected chi connectivity index (χ0v) is 16.0. The SMILES string of the molecule is CC1Oc2ccccc2N(CCC(=O)N(Cc2ccccn2)C(C)C)C1=O. The summed E-state index contributed by atoms with van der Waals surface area (Å²) in [6, 6.07) is 13.1. The van der Waals surface area contributed by atoms with Crippen molar-refractivity contribution in [3.05, 3.63) is 54.4 Å². The van der Waals surface area contributed by atoms with Crippen LogP contribution in [0.5, 0.6) is 5.75 Å². The minimum absolute atomic E-state index is 0.0000732. The van der Waals surface area contributed by atoms with Crippen LogP contribution in [0.25, 0.3) is 0 Å².